The van der Waals surface area contributed by atoms with Gasteiger partial charge in [-0.05, 0) is 42.9 Å². The first-order valence-corrected chi connectivity index (χ1v) is 7.63. The molecule has 0 aromatic heterocycles. The number of benzene rings is 2. The summed E-state index contributed by atoms with van der Waals surface area (Å²) in [5.41, 5.74) is 4.90. The molecule has 0 aliphatic heterocycles. The van der Waals surface area contributed by atoms with Gasteiger partial charge in [0.2, 0.25) is 0 Å². The zero-order valence-corrected chi connectivity index (χ0v) is 12.5. The minimum Gasteiger partial charge on any atom is -0.129 e. The molecule has 0 heterocycles. The van der Waals surface area contributed by atoms with Gasteiger partial charge in [-0.2, -0.15) is 0 Å². The molecule has 94 valence electrons. The Balaban J connectivity index is 2.47. The van der Waals surface area contributed by atoms with Crippen LogP contribution in [0.4, 0.5) is 0 Å². The lowest BCUT2D eigenvalue weighted by Crippen LogP contribution is -1.98. The summed E-state index contributed by atoms with van der Waals surface area (Å²) in [5, 5.41) is -0.0754. The van der Waals surface area contributed by atoms with E-state index < -0.39 is 0 Å². The third kappa shape index (κ3) is 2.73. The van der Waals surface area contributed by atoms with E-state index in [0.717, 1.165) is 0 Å². The van der Waals surface area contributed by atoms with Crippen LogP contribution >= 0.6 is 23.4 Å². The molecule has 0 spiro atoms. The van der Waals surface area contributed by atoms with Gasteiger partial charge in [-0.3, -0.25) is 0 Å². The summed E-state index contributed by atoms with van der Waals surface area (Å²) in [7, 11) is 0. The van der Waals surface area contributed by atoms with E-state index in [-0.39, 0.29) is 5.38 Å². The van der Waals surface area contributed by atoms with Crippen molar-refractivity contribution in [1.82, 2.24) is 0 Å². The van der Waals surface area contributed by atoms with Crippen LogP contribution in [0, 0.1) is 13.8 Å². The molecule has 1 unspecified atom stereocenters. The number of rotatable bonds is 3. The Morgan fingerprint density at radius 1 is 1.00 bits per heavy atom. The Labute approximate surface area is 118 Å². The van der Waals surface area contributed by atoms with E-state index in [2.05, 4.69) is 62.6 Å². The Morgan fingerprint density at radius 3 is 2.44 bits per heavy atom. The second kappa shape index (κ2) is 5.81. The molecule has 0 fully saturated rings. The van der Waals surface area contributed by atoms with E-state index in [9.17, 15) is 0 Å². The molecule has 0 nitrogen and oxygen atoms in total. The second-order valence-corrected chi connectivity index (χ2v) is 5.75. The van der Waals surface area contributed by atoms with Gasteiger partial charge in [-0.15, -0.1) is 23.4 Å². The van der Waals surface area contributed by atoms with Gasteiger partial charge >= 0.3 is 0 Å². The monoisotopic (exact) mass is 276 g/mol. The lowest BCUT2D eigenvalue weighted by atomic mass is 9.98. The van der Waals surface area contributed by atoms with E-state index in [0.29, 0.717) is 0 Å². The molecular weight excluding hydrogens is 260 g/mol. The van der Waals surface area contributed by atoms with Gasteiger partial charge in [-0.25, -0.2) is 0 Å². The summed E-state index contributed by atoms with van der Waals surface area (Å²) in [6.45, 7) is 4.22. The highest BCUT2D eigenvalue weighted by Gasteiger charge is 2.16. The zero-order chi connectivity index (χ0) is 13.1. The van der Waals surface area contributed by atoms with Crippen LogP contribution in [-0.4, -0.2) is 6.26 Å². The average molecular weight is 277 g/mol. The lowest BCUT2D eigenvalue weighted by molar-refractivity contribution is 1.06. The molecule has 1 atom stereocenters. The van der Waals surface area contributed by atoms with Crippen molar-refractivity contribution in [1.29, 1.82) is 0 Å². The standard InChI is InChI=1S/C16H17ClS/c1-11-8-9-12(2)14(10-11)16(17)13-6-4-5-7-15(13)18-3/h4-10,16H,1-3H3. The molecule has 0 aliphatic carbocycles. The molecule has 2 rings (SSSR count). The summed E-state index contributed by atoms with van der Waals surface area (Å²) in [4.78, 5) is 1.25. The van der Waals surface area contributed by atoms with E-state index >= 15 is 0 Å². The predicted molar refractivity (Wildman–Crippen MR) is 81.8 cm³/mol. The number of halogens is 1. The van der Waals surface area contributed by atoms with Crippen molar-refractivity contribution in [2.75, 3.05) is 6.26 Å². The van der Waals surface area contributed by atoms with Crippen LogP contribution in [0.25, 0.3) is 0 Å². The Hall–Kier alpha value is -0.920. The molecule has 18 heavy (non-hydrogen) atoms. The van der Waals surface area contributed by atoms with Crippen molar-refractivity contribution < 1.29 is 0 Å². The first-order valence-electron chi connectivity index (χ1n) is 5.97. The van der Waals surface area contributed by atoms with Crippen molar-refractivity contribution in [2.24, 2.45) is 0 Å². The minimum atomic E-state index is -0.0754. The average Bonchev–Trinajstić information content (AvgIpc) is 2.40. The van der Waals surface area contributed by atoms with Gasteiger partial charge in [0.1, 0.15) is 0 Å². The quantitative estimate of drug-likeness (QED) is 0.538. The third-order valence-corrected chi connectivity index (χ3v) is 4.40. The van der Waals surface area contributed by atoms with Crippen LogP contribution in [-0.2, 0) is 0 Å². The Bertz CT molecular complexity index is 549. The largest absolute Gasteiger partial charge is 0.129 e. The Morgan fingerprint density at radius 2 is 1.72 bits per heavy atom. The SMILES string of the molecule is CSc1ccccc1C(Cl)c1cc(C)ccc1C. The molecule has 2 aromatic carbocycles. The van der Waals surface area contributed by atoms with E-state index in [1.807, 2.05) is 0 Å². The van der Waals surface area contributed by atoms with Crippen molar-refractivity contribution in [3.8, 4) is 0 Å². The van der Waals surface area contributed by atoms with Crippen molar-refractivity contribution in [3.63, 3.8) is 0 Å². The minimum absolute atomic E-state index is 0.0754. The maximum Gasteiger partial charge on any atom is 0.0848 e. The zero-order valence-electron chi connectivity index (χ0n) is 10.9. The van der Waals surface area contributed by atoms with Gasteiger partial charge in [0, 0.05) is 4.90 Å². The van der Waals surface area contributed by atoms with Crippen LogP contribution in [0.3, 0.4) is 0 Å². The summed E-state index contributed by atoms with van der Waals surface area (Å²) < 4.78 is 0. The van der Waals surface area contributed by atoms with Gasteiger partial charge < -0.3 is 0 Å². The van der Waals surface area contributed by atoms with Gasteiger partial charge in [0.15, 0.2) is 0 Å². The highest BCUT2D eigenvalue weighted by Crippen LogP contribution is 2.36. The number of hydrogen-bond acceptors (Lipinski definition) is 1. The third-order valence-electron chi connectivity index (χ3n) is 3.12. The normalized spacial score (nSPS) is 12.4. The highest BCUT2D eigenvalue weighted by atomic mass is 35.5. The fraction of sp³-hybridized carbons (Fsp3) is 0.250. The van der Waals surface area contributed by atoms with Gasteiger partial charge in [0.05, 0.1) is 5.38 Å². The van der Waals surface area contributed by atoms with Gasteiger partial charge in [0.25, 0.3) is 0 Å². The smallest absolute Gasteiger partial charge is 0.0848 e. The highest BCUT2D eigenvalue weighted by molar-refractivity contribution is 7.98. The van der Waals surface area contributed by atoms with Crippen molar-refractivity contribution in [3.05, 3.63) is 64.7 Å². The molecule has 0 radical (unpaired) electrons. The van der Waals surface area contributed by atoms with Crippen LogP contribution in [0.15, 0.2) is 47.4 Å². The molecule has 0 amide bonds. The molecule has 0 N–H and O–H groups in total. The number of alkyl halides is 1. The van der Waals surface area contributed by atoms with E-state index in [4.69, 9.17) is 11.6 Å². The molecule has 0 saturated heterocycles. The number of hydrogen-bond donors (Lipinski definition) is 0. The summed E-state index contributed by atoms with van der Waals surface area (Å²) in [5.74, 6) is 0. The molecule has 0 saturated carbocycles. The molecule has 0 aliphatic rings. The maximum absolute atomic E-state index is 6.68. The lowest BCUT2D eigenvalue weighted by Gasteiger charge is -2.16. The van der Waals surface area contributed by atoms with Gasteiger partial charge in [-0.1, -0.05) is 42.0 Å². The molecule has 2 aromatic rings. The molecular formula is C16H17ClS. The van der Waals surface area contributed by atoms with Crippen LogP contribution < -0.4 is 0 Å². The number of thioether (sulfide) groups is 1. The number of aryl methyl sites for hydroxylation is 2. The molecule has 2 heteroatoms. The second-order valence-electron chi connectivity index (χ2n) is 4.46. The van der Waals surface area contributed by atoms with E-state index in [1.54, 1.807) is 11.8 Å². The van der Waals surface area contributed by atoms with Crippen molar-refractivity contribution >= 4 is 23.4 Å². The van der Waals surface area contributed by atoms with Crippen LogP contribution in [0.5, 0.6) is 0 Å². The first kappa shape index (κ1) is 13.5. The predicted octanol–water partition coefficient (Wildman–Crippen LogP) is 5.35. The van der Waals surface area contributed by atoms with Crippen LogP contribution in [0.1, 0.15) is 27.6 Å². The van der Waals surface area contributed by atoms with Crippen molar-refractivity contribution in [2.45, 2.75) is 24.1 Å². The summed E-state index contributed by atoms with van der Waals surface area (Å²) >= 11 is 8.42. The Kier molecular flexibility index (Phi) is 4.36. The molecule has 0 bridgehead atoms. The van der Waals surface area contributed by atoms with Crippen LogP contribution in [0.2, 0.25) is 0 Å². The topological polar surface area (TPSA) is 0 Å². The fourth-order valence-electron chi connectivity index (χ4n) is 2.08. The first-order chi connectivity index (χ1) is 8.63. The summed E-state index contributed by atoms with van der Waals surface area (Å²) in [6.07, 6.45) is 2.09. The van der Waals surface area contributed by atoms with E-state index in [1.165, 1.54) is 27.1 Å². The maximum atomic E-state index is 6.68. The fourth-order valence-corrected chi connectivity index (χ4v) is 3.20. The summed E-state index contributed by atoms with van der Waals surface area (Å²) in [6, 6.07) is 14.8.